The molecular weight excluding hydrogens is 414 g/mol. The number of urea groups is 1. The van der Waals surface area contributed by atoms with E-state index in [9.17, 15) is 9.59 Å². The van der Waals surface area contributed by atoms with E-state index >= 15 is 0 Å². The second kappa shape index (κ2) is 9.18. The summed E-state index contributed by atoms with van der Waals surface area (Å²) in [6.07, 6.45) is 2.21. The van der Waals surface area contributed by atoms with Crippen molar-refractivity contribution in [2.75, 3.05) is 27.2 Å². The number of ether oxygens (including phenoxy) is 1. The topological polar surface area (TPSA) is 61.9 Å². The molecule has 4 rings (SSSR count). The summed E-state index contributed by atoms with van der Waals surface area (Å²) in [5, 5.41) is 3.09. The molecule has 0 bridgehead atoms. The number of likely N-dealkylation sites (N-methyl/N-ethyl adjacent to an activating group) is 1. The van der Waals surface area contributed by atoms with Crippen molar-refractivity contribution in [2.45, 2.75) is 52.1 Å². The maximum absolute atomic E-state index is 13.4. The van der Waals surface area contributed by atoms with E-state index in [0.29, 0.717) is 6.42 Å². The Labute approximate surface area is 196 Å². The monoisotopic (exact) mass is 449 g/mol. The molecule has 2 aliphatic heterocycles. The maximum atomic E-state index is 13.4. The number of methoxy groups -OCH3 is 1. The zero-order valence-electron chi connectivity index (χ0n) is 20.4. The van der Waals surface area contributed by atoms with E-state index in [1.54, 1.807) is 14.2 Å². The summed E-state index contributed by atoms with van der Waals surface area (Å²) in [4.78, 5) is 29.6. The minimum atomic E-state index is -0.902. The summed E-state index contributed by atoms with van der Waals surface area (Å²) in [5.41, 5.74) is 5.44. The maximum Gasteiger partial charge on any atom is 0.324 e. The number of likely N-dealkylation sites (tertiary alicyclic amines) is 1. The minimum absolute atomic E-state index is 0.0854. The molecule has 2 heterocycles. The van der Waals surface area contributed by atoms with Gasteiger partial charge in [-0.05, 0) is 92.6 Å². The molecule has 0 aromatic heterocycles. The average molecular weight is 450 g/mol. The van der Waals surface area contributed by atoms with Gasteiger partial charge in [0.1, 0.15) is 11.3 Å². The number of nitrogens with one attached hydrogen (secondary N) is 1. The fraction of sp³-hybridized carbons (Fsp3) is 0.481. The molecule has 6 heteroatoms. The number of amides is 3. The van der Waals surface area contributed by atoms with Gasteiger partial charge in [-0.2, -0.15) is 0 Å². The number of aryl methyl sites for hydroxylation is 3. The molecule has 176 valence electrons. The fourth-order valence-electron chi connectivity index (χ4n) is 5.38. The Balaban J connectivity index is 1.52. The SMILES string of the molecule is COc1cccc(C[C@]2(C3CCN(Cc4cc(C)c(C)cc4C)CC3)NC(=O)N(C)C2=O)c1. The first kappa shape index (κ1) is 23.3. The van der Waals surface area contributed by atoms with Crippen molar-refractivity contribution in [1.29, 1.82) is 0 Å². The third-order valence-electron chi connectivity index (χ3n) is 7.57. The zero-order chi connectivity index (χ0) is 23.8. The number of piperidine rings is 1. The minimum Gasteiger partial charge on any atom is -0.497 e. The van der Waals surface area contributed by atoms with Crippen molar-refractivity contribution >= 4 is 11.9 Å². The molecule has 2 aliphatic rings. The lowest BCUT2D eigenvalue weighted by Crippen LogP contribution is -2.57. The van der Waals surface area contributed by atoms with Gasteiger partial charge in [-0.15, -0.1) is 0 Å². The van der Waals surface area contributed by atoms with Gasteiger partial charge in [0.15, 0.2) is 0 Å². The van der Waals surface area contributed by atoms with Gasteiger partial charge in [0.2, 0.25) is 0 Å². The zero-order valence-corrected chi connectivity index (χ0v) is 20.4. The van der Waals surface area contributed by atoms with E-state index in [-0.39, 0.29) is 17.9 Å². The number of hydrogen-bond donors (Lipinski definition) is 1. The highest BCUT2D eigenvalue weighted by molar-refractivity contribution is 6.07. The third-order valence-corrected chi connectivity index (χ3v) is 7.57. The van der Waals surface area contributed by atoms with Crippen molar-refractivity contribution in [3.8, 4) is 5.75 Å². The standard InChI is InChI=1S/C27H35N3O3/c1-18-13-20(3)22(14-19(18)2)17-30-11-9-23(10-12-30)27(25(31)29(4)26(32)28-27)16-21-7-6-8-24(15-21)33-5/h6-8,13-15,23H,9-12,16-17H2,1-5H3,(H,28,32)/t27-/m1/s1. The first-order chi connectivity index (χ1) is 15.7. The van der Waals surface area contributed by atoms with Crippen LogP contribution in [0.1, 0.15) is 40.7 Å². The summed E-state index contributed by atoms with van der Waals surface area (Å²) in [6, 6.07) is 12.0. The first-order valence-corrected chi connectivity index (χ1v) is 11.8. The van der Waals surface area contributed by atoms with Gasteiger partial charge in [0.05, 0.1) is 7.11 Å². The molecule has 1 N–H and O–H groups in total. The average Bonchev–Trinajstić information content (AvgIpc) is 3.02. The molecule has 33 heavy (non-hydrogen) atoms. The Morgan fingerprint density at radius 3 is 2.36 bits per heavy atom. The molecule has 0 spiro atoms. The van der Waals surface area contributed by atoms with E-state index in [0.717, 1.165) is 43.8 Å². The fourth-order valence-corrected chi connectivity index (χ4v) is 5.38. The largest absolute Gasteiger partial charge is 0.497 e. The normalized spacial score (nSPS) is 22.0. The van der Waals surface area contributed by atoms with Crippen LogP contribution in [0.15, 0.2) is 36.4 Å². The van der Waals surface area contributed by atoms with E-state index in [2.05, 4.69) is 43.1 Å². The quantitative estimate of drug-likeness (QED) is 0.678. The number of nitrogens with zero attached hydrogens (tertiary/aromatic N) is 2. The van der Waals surface area contributed by atoms with Gasteiger partial charge in [0, 0.05) is 20.0 Å². The number of carbonyl (C=O) groups is 2. The van der Waals surface area contributed by atoms with Crippen LogP contribution in [0.25, 0.3) is 0 Å². The lowest BCUT2D eigenvalue weighted by Gasteiger charge is -2.41. The molecule has 0 saturated carbocycles. The summed E-state index contributed by atoms with van der Waals surface area (Å²) in [7, 11) is 3.21. The van der Waals surface area contributed by atoms with Crippen LogP contribution >= 0.6 is 0 Å². The van der Waals surface area contributed by atoms with Crippen molar-refractivity contribution < 1.29 is 14.3 Å². The van der Waals surface area contributed by atoms with Crippen LogP contribution in [0.3, 0.4) is 0 Å². The summed E-state index contributed by atoms with van der Waals surface area (Å²) < 4.78 is 5.37. The summed E-state index contributed by atoms with van der Waals surface area (Å²) in [5.74, 6) is 0.715. The molecule has 6 nitrogen and oxygen atoms in total. The third kappa shape index (κ3) is 4.49. The molecule has 2 saturated heterocycles. The predicted octanol–water partition coefficient (Wildman–Crippen LogP) is 4.00. The van der Waals surface area contributed by atoms with Crippen molar-refractivity contribution in [3.05, 3.63) is 64.2 Å². The van der Waals surface area contributed by atoms with Gasteiger partial charge in [-0.3, -0.25) is 14.6 Å². The Morgan fingerprint density at radius 1 is 1.03 bits per heavy atom. The molecule has 0 aliphatic carbocycles. The Morgan fingerprint density at radius 2 is 1.73 bits per heavy atom. The van der Waals surface area contributed by atoms with Crippen molar-refractivity contribution in [2.24, 2.45) is 5.92 Å². The molecule has 0 radical (unpaired) electrons. The lowest BCUT2D eigenvalue weighted by molar-refractivity contribution is -0.133. The molecule has 2 aromatic carbocycles. The van der Waals surface area contributed by atoms with Crippen LogP contribution < -0.4 is 10.1 Å². The highest BCUT2D eigenvalue weighted by Gasteiger charge is 2.54. The molecule has 2 fully saturated rings. The van der Waals surface area contributed by atoms with Gasteiger partial charge in [-0.25, -0.2) is 4.79 Å². The summed E-state index contributed by atoms with van der Waals surface area (Å²) >= 11 is 0. The van der Waals surface area contributed by atoms with Gasteiger partial charge in [-0.1, -0.05) is 24.3 Å². The van der Waals surface area contributed by atoms with E-state index in [1.165, 1.54) is 27.2 Å². The number of hydrogen-bond acceptors (Lipinski definition) is 4. The van der Waals surface area contributed by atoms with Gasteiger partial charge >= 0.3 is 6.03 Å². The molecule has 0 unspecified atom stereocenters. The number of benzene rings is 2. The highest BCUT2D eigenvalue weighted by atomic mass is 16.5. The molecular formula is C27H35N3O3. The van der Waals surface area contributed by atoms with E-state index in [1.807, 2.05) is 24.3 Å². The van der Waals surface area contributed by atoms with Crippen LogP contribution in [0.5, 0.6) is 5.75 Å². The van der Waals surface area contributed by atoms with Crippen molar-refractivity contribution in [1.82, 2.24) is 15.1 Å². The number of rotatable bonds is 6. The second-order valence-electron chi connectivity index (χ2n) is 9.71. The number of imide groups is 1. The van der Waals surface area contributed by atoms with Gasteiger partial charge in [0.25, 0.3) is 5.91 Å². The van der Waals surface area contributed by atoms with Gasteiger partial charge < -0.3 is 10.1 Å². The Kier molecular flexibility index (Phi) is 6.48. The first-order valence-electron chi connectivity index (χ1n) is 11.8. The van der Waals surface area contributed by atoms with E-state index < -0.39 is 5.54 Å². The second-order valence-corrected chi connectivity index (χ2v) is 9.71. The lowest BCUT2D eigenvalue weighted by atomic mass is 9.74. The molecule has 2 aromatic rings. The molecule has 1 atom stereocenters. The Hall–Kier alpha value is -2.86. The summed E-state index contributed by atoms with van der Waals surface area (Å²) in [6.45, 7) is 9.23. The number of carbonyl (C=O) groups excluding carboxylic acids is 2. The van der Waals surface area contributed by atoms with Crippen LogP contribution in [-0.4, -0.2) is 54.5 Å². The predicted molar refractivity (Wildman–Crippen MR) is 129 cm³/mol. The van der Waals surface area contributed by atoms with Crippen LogP contribution in [0, 0.1) is 26.7 Å². The van der Waals surface area contributed by atoms with Crippen LogP contribution in [-0.2, 0) is 17.8 Å². The van der Waals surface area contributed by atoms with E-state index in [4.69, 9.17) is 4.74 Å². The van der Waals surface area contributed by atoms with Crippen molar-refractivity contribution in [3.63, 3.8) is 0 Å². The smallest absolute Gasteiger partial charge is 0.324 e. The highest BCUT2D eigenvalue weighted by Crippen LogP contribution is 2.37. The van der Waals surface area contributed by atoms with Crippen LogP contribution in [0.2, 0.25) is 0 Å². The van der Waals surface area contributed by atoms with Crippen LogP contribution in [0.4, 0.5) is 4.79 Å². The molecule has 3 amide bonds. The Bertz CT molecular complexity index is 1060.